The Labute approximate surface area is 120 Å². The standard InChI is InChI=1S/C17H21NO2/c1-2-20-16-10-6-7-14(11-16)12-18-13-17(19)15-8-4-3-5-9-15/h3-11,17-19H,2,12-13H2,1H3/t17-/m0/s1. The first-order valence-corrected chi connectivity index (χ1v) is 6.95. The molecule has 0 spiro atoms. The first kappa shape index (κ1) is 14.6. The lowest BCUT2D eigenvalue weighted by atomic mass is 10.1. The van der Waals surface area contributed by atoms with Gasteiger partial charge in [-0.25, -0.2) is 0 Å². The van der Waals surface area contributed by atoms with Crippen LogP contribution < -0.4 is 10.1 Å². The van der Waals surface area contributed by atoms with Crippen LogP contribution in [0.4, 0.5) is 0 Å². The van der Waals surface area contributed by atoms with E-state index in [1.807, 2.05) is 61.5 Å². The maximum absolute atomic E-state index is 10.1. The lowest BCUT2D eigenvalue weighted by Gasteiger charge is -2.12. The highest BCUT2D eigenvalue weighted by molar-refractivity contribution is 5.28. The summed E-state index contributed by atoms with van der Waals surface area (Å²) in [5.74, 6) is 0.885. The molecule has 2 rings (SSSR count). The Balaban J connectivity index is 1.82. The van der Waals surface area contributed by atoms with Gasteiger partial charge in [-0.3, -0.25) is 0 Å². The van der Waals surface area contributed by atoms with Gasteiger partial charge in [-0.2, -0.15) is 0 Å². The summed E-state index contributed by atoms with van der Waals surface area (Å²) in [6, 6.07) is 17.7. The van der Waals surface area contributed by atoms with Crippen LogP contribution in [0.25, 0.3) is 0 Å². The Kier molecular flexibility index (Phi) is 5.59. The third-order valence-corrected chi connectivity index (χ3v) is 3.06. The van der Waals surface area contributed by atoms with Crippen molar-refractivity contribution in [3.05, 3.63) is 65.7 Å². The predicted molar refractivity (Wildman–Crippen MR) is 80.7 cm³/mol. The van der Waals surface area contributed by atoms with Gasteiger partial charge in [-0.1, -0.05) is 42.5 Å². The van der Waals surface area contributed by atoms with Crippen molar-refractivity contribution in [2.24, 2.45) is 0 Å². The Bertz CT molecular complexity index is 513. The van der Waals surface area contributed by atoms with Crippen molar-refractivity contribution in [2.45, 2.75) is 19.6 Å². The molecular formula is C17H21NO2. The van der Waals surface area contributed by atoms with Gasteiger partial charge in [0.05, 0.1) is 12.7 Å². The lowest BCUT2D eigenvalue weighted by molar-refractivity contribution is 0.174. The molecule has 2 aromatic rings. The largest absolute Gasteiger partial charge is 0.494 e. The summed E-state index contributed by atoms with van der Waals surface area (Å²) in [4.78, 5) is 0. The van der Waals surface area contributed by atoms with Gasteiger partial charge < -0.3 is 15.2 Å². The van der Waals surface area contributed by atoms with E-state index in [-0.39, 0.29) is 0 Å². The van der Waals surface area contributed by atoms with Crippen molar-refractivity contribution in [3.8, 4) is 5.75 Å². The highest BCUT2D eigenvalue weighted by atomic mass is 16.5. The number of hydrogen-bond acceptors (Lipinski definition) is 3. The van der Waals surface area contributed by atoms with Crippen molar-refractivity contribution in [2.75, 3.05) is 13.2 Å². The minimum absolute atomic E-state index is 0.480. The molecular weight excluding hydrogens is 250 g/mol. The maximum atomic E-state index is 10.1. The van der Waals surface area contributed by atoms with Gasteiger partial charge in [0.15, 0.2) is 0 Å². The Morgan fingerprint density at radius 3 is 2.65 bits per heavy atom. The second-order valence-corrected chi connectivity index (χ2v) is 4.64. The van der Waals surface area contributed by atoms with Gasteiger partial charge in [-0.15, -0.1) is 0 Å². The number of rotatable bonds is 7. The Morgan fingerprint density at radius 2 is 1.90 bits per heavy atom. The maximum Gasteiger partial charge on any atom is 0.119 e. The molecule has 0 heterocycles. The van der Waals surface area contributed by atoms with Crippen LogP contribution in [-0.4, -0.2) is 18.3 Å². The average molecular weight is 271 g/mol. The highest BCUT2D eigenvalue weighted by Crippen LogP contribution is 2.14. The molecule has 0 aromatic heterocycles. The topological polar surface area (TPSA) is 41.5 Å². The second kappa shape index (κ2) is 7.68. The molecule has 3 nitrogen and oxygen atoms in total. The van der Waals surface area contributed by atoms with Crippen LogP contribution in [0.2, 0.25) is 0 Å². The van der Waals surface area contributed by atoms with E-state index in [4.69, 9.17) is 4.74 Å². The molecule has 0 amide bonds. The van der Waals surface area contributed by atoms with Crippen molar-refractivity contribution in [1.82, 2.24) is 5.32 Å². The van der Waals surface area contributed by atoms with E-state index in [1.54, 1.807) is 0 Å². The average Bonchev–Trinajstić information content (AvgIpc) is 2.49. The molecule has 0 radical (unpaired) electrons. The quantitative estimate of drug-likeness (QED) is 0.813. The van der Waals surface area contributed by atoms with Gasteiger partial charge in [0.25, 0.3) is 0 Å². The summed E-state index contributed by atoms with van der Waals surface area (Å²) >= 11 is 0. The molecule has 0 fully saturated rings. The molecule has 0 saturated heterocycles. The van der Waals surface area contributed by atoms with E-state index >= 15 is 0 Å². The van der Waals surface area contributed by atoms with Crippen molar-refractivity contribution >= 4 is 0 Å². The van der Waals surface area contributed by atoms with Crippen molar-refractivity contribution in [1.29, 1.82) is 0 Å². The molecule has 0 aliphatic rings. The van der Waals surface area contributed by atoms with E-state index in [0.717, 1.165) is 16.9 Å². The molecule has 1 atom stereocenters. The Morgan fingerprint density at radius 1 is 1.10 bits per heavy atom. The monoisotopic (exact) mass is 271 g/mol. The molecule has 3 heteroatoms. The molecule has 20 heavy (non-hydrogen) atoms. The molecule has 0 saturated carbocycles. The van der Waals surface area contributed by atoms with Gasteiger partial charge in [-0.05, 0) is 30.2 Å². The van der Waals surface area contributed by atoms with E-state index in [9.17, 15) is 5.11 Å². The molecule has 0 bridgehead atoms. The van der Waals surface area contributed by atoms with E-state index in [1.165, 1.54) is 0 Å². The summed E-state index contributed by atoms with van der Waals surface area (Å²) in [6.45, 7) is 3.89. The first-order chi connectivity index (χ1) is 9.79. The van der Waals surface area contributed by atoms with Crippen LogP contribution in [0.5, 0.6) is 5.75 Å². The van der Waals surface area contributed by atoms with Gasteiger partial charge in [0, 0.05) is 13.1 Å². The number of nitrogens with one attached hydrogen (secondary N) is 1. The molecule has 0 aliphatic carbocycles. The van der Waals surface area contributed by atoms with Crippen molar-refractivity contribution < 1.29 is 9.84 Å². The number of aliphatic hydroxyl groups is 1. The molecule has 106 valence electrons. The minimum atomic E-state index is -0.480. The fourth-order valence-corrected chi connectivity index (χ4v) is 2.06. The number of hydrogen-bond donors (Lipinski definition) is 2. The number of benzene rings is 2. The zero-order valence-electron chi connectivity index (χ0n) is 11.8. The molecule has 2 aromatic carbocycles. The summed E-state index contributed by atoms with van der Waals surface area (Å²) in [7, 11) is 0. The fourth-order valence-electron chi connectivity index (χ4n) is 2.06. The predicted octanol–water partition coefficient (Wildman–Crippen LogP) is 2.91. The minimum Gasteiger partial charge on any atom is -0.494 e. The second-order valence-electron chi connectivity index (χ2n) is 4.64. The molecule has 0 aliphatic heterocycles. The third-order valence-electron chi connectivity index (χ3n) is 3.06. The Hall–Kier alpha value is -1.84. The van der Waals surface area contributed by atoms with Crippen LogP contribution in [0, 0.1) is 0 Å². The fraction of sp³-hybridized carbons (Fsp3) is 0.294. The van der Waals surface area contributed by atoms with Gasteiger partial charge >= 0.3 is 0 Å². The molecule has 2 N–H and O–H groups in total. The van der Waals surface area contributed by atoms with Crippen LogP contribution in [0.15, 0.2) is 54.6 Å². The highest BCUT2D eigenvalue weighted by Gasteiger charge is 2.05. The number of aliphatic hydroxyl groups excluding tert-OH is 1. The summed E-state index contributed by atoms with van der Waals surface area (Å²) in [6.07, 6.45) is -0.480. The normalized spacial score (nSPS) is 12.1. The van der Waals surface area contributed by atoms with Crippen LogP contribution in [-0.2, 0) is 6.54 Å². The summed E-state index contributed by atoms with van der Waals surface area (Å²) in [5.41, 5.74) is 2.08. The van der Waals surface area contributed by atoms with Gasteiger partial charge in [0.2, 0.25) is 0 Å². The SMILES string of the molecule is CCOc1cccc(CNC[C@H](O)c2ccccc2)c1. The van der Waals surface area contributed by atoms with E-state index < -0.39 is 6.10 Å². The number of ether oxygens (including phenoxy) is 1. The van der Waals surface area contributed by atoms with Crippen molar-refractivity contribution in [3.63, 3.8) is 0 Å². The summed E-state index contributed by atoms with van der Waals surface area (Å²) in [5, 5.41) is 13.3. The van der Waals surface area contributed by atoms with Crippen LogP contribution >= 0.6 is 0 Å². The van der Waals surface area contributed by atoms with E-state index in [0.29, 0.717) is 19.7 Å². The zero-order valence-corrected chi connectivity index (χ0v) is 11.8. The van der Waals surface area contributed by atoms with Gasteiger partial charge in [0.1, 0.15) is 5.75 Å². The third kappa shape index (κ3) is 4.37. The van der Waals surface area contributed by atoms with Crippen LogP contribution in [0.3, 0.4) is 0 Å². The van der Waals surface area contributed by atoms with Crippen LogP contribution in [0.1, 0.15) is 24.2 Å². The smallest absolute Gasteiger partial charge is 0.119 e. The first-order valence-electron chi connectivity index (χ1n) is 6.95. The molecule has 0 unspecified atom stereocenters. The zero-order chi connectivity index (χ0) is 14.2. The lowest BCUT2D eigenvalue weighted by Crippen LogP contribution is -2.21. The summed E-state index contributed by atoms with van der Waals surface area (Å²) < 4.78 is 5.47. The van der Waals surface area contributed by atoms with E-state index in [2.05, 4.69) is 5.32 Å².